The third kappa shape index (κ3) is 4.10. The maximum absolute atomic E-state index is 3.56. The summed E-state index contributed by atoms with van der Waals surface area (Å²) in [6, 6.07) is 0.676. The van der Waals surface area contributed by atoms with E-state index >= 15 is 0 Å². The molecule has 1 N–H and O–H groups in total. The summed E-state index contributed by atoms with van der Waals surface area (Å²) in [6.07, 6.45) is 2.52. The number of rotatable bonds is 6. The molecule has 0 amide bonds. The second kappa shape index (κ2) is 6.47. The van der Waals surface area contributed by atoms with E-state index in [1.807, 2.05) is 0 Å². The molecule has 2 atom stereocenters. The molecule has 0 saturated heterocycles. The normalized spacial score (nSPS) is 16.5. The van der Waals surface area contributed by atoms with Crippen molar-refractivity contribution in [3.05, 3.63) is 0 Å². The predicted molar refractivity (Wildman–Crippen MR) is 56.4 cm³/mol. The minimum atomic E-state index is 0.676. The Bertz CT molecular complexity index is 99.2. The molecular formula is C11H25N. The van der Waals surface area contributed by atoms with Gasteiger partial charge in [0.1, 0.15) is 0 Å². The Morgan fingerprint density at radius 2 is 1.67 bits per heavy atom. The van der Waals surface area contributed by atoms with Crippen LogP contribution in [0.15, 0.2) is 0 Å². The molecule has 1 nitrogen and oxygen atoms in total. The van der Waals surface area contributed by atoms with Gasteiger partial charge in [-0.05, 0) is 31.7 Å². The molecule has 74 valence electrons. The topological polar surface area (TPSA) is 12.0 Å². The average Bonchev–Trinajstić information content (AvgIpc) is 2.01. The Morgan fingerprint density at radius 3 is 2.00 bits per heavy atom. The standard InChI is InChI=1S/C11H25N/c1-6-8-12-10(5)11(7-2)9(3)4/h9-12H,6-8H2,1-5H3. The molecule has 0 spiro atoms. The van der Waals surface area contributed by atoms with Gasteiger partial charge in [0.25, 0.3) is 0 Å². The van der Waals surface area contributed by atoms with Crippen LogP contribution in [0.4, 0.5) is 0 Å². The van der Waals surface area contributed by atoms with E-state index in [-0.39, 0.29) is 0 Å². The number of hydrogen-bond acceptors (Lipinski definition) is 1. The molecule has 12 heavy (non-hydrogen) atoms. The Balaban J connectivity index is 3.77. The lowest BCUT2D eigenvalue weighted by Crippen LogP contribution is -2.36. The molecule has 0 rings (SSSR count). The van der Waals surface area contributed by atoms with Gasteiger partial charge in [-0.2, -0.15) is 0 Å². The molecule has 0 fully saturated rings. The Labute approximate surface area is 77.9 Å². The Morgan fingerprint density at radius 1 is 1.08 bits per heavy atom. The molecule has 0 aliphatic heterocycles. The molecule has 0 saturated carbocycles. The van der Waals surface area contributed by atoms with Crippen LogP contribution in [0.1, 0.15) is 47.5 Å². The lowest BCUT2D eigenvalue weighted by Gasteiger charge is -2.27. The van der Waals surface area contributed by atoms with Gasteiger partial charge in [-0.25, -0.2) is 0 Å². The first kappa shape index (κ1) is 12.0. The fourth-order valence-corrected chi connectivity index (χ4v) is 1.93. The van der Waals surface area contributed by atoms with Gasteiger partial charge in [0.2, 0.25) is 0 Å². The zero-order valence-corrected chi connectivity index (χ0v) is 9.35. The van der Waals surface area contributed by atoms with Crippen LogP contribution in [0.3, 0.4) is 0 Å². The van der Waals surface area contributed by atoms with E-state index in [0.29, 0.717) is 6.04 Å². The first-order valence-electron chi connectivity index (χ1n) is 5.36. The van der Waals surface area contributed by atoms with Gasteiger partial charge in [0.05, 0.1) is 0 Å². The van der Waals surface area contributed by atoms with Crippen molar-refractivity contribution in [2.45, 2.75) is 53.5 Å². The summed E-state index contributed by atoms with van der Waals surface area (Å²) in [7, 11) is 0. The van der Waals surface area contributed by atoms with Gasteiger partial charge in [0, 0.05) is 6.04 Å². The second-order valence-electron chi connectivity index (χ2n) is 4.06. The fraction of sp³-hybridized carbons (Fsp3) is 1.00. The third-order valence-electron chi connectivity index (χ3n) is 2.69. The van der Waals surface area contributed by atoms with E-state index in [4.69, 9.17) is 0 Å². The summed E-state index contributed by atoms with van der Waals surface area (Å²) >= 11 is 0. The molecule has 0 aromatic carbocycles. The summed E-state index contributed by atoms with van der Waals surface area (Å²) in [4.78, 5) is 0. The first-order valence-corrected chi connectivity index (χ1v) is 5.36. The van der Waals surface area contributed by atoms with E-state index < -0.39 is 0 Å². The van der Waals surface area contributed by atoms with Crippen molar-refractivity contribution in [1.82, 2.24) is 5.32 Å². The van der Waals surface area contributed by atoms with Crippen LogP contribution in [-0.4, -0.2) is 12.6 Å². The van der Waals surface area contributed by atoms with Crippen LogP contribution in [0.2, 0.25) is 0 Å². The molecule has 0 heterocycles. The van der Waals surface area contributed by atoms with E-state index in [2.05, 4.69) is 39.9 Å². The van der Waals surface area contributed by atoms with Gasteiger partial charge in [-0.15, -0.1) is 0 Å². The average molecular weight is 171 g/mol. The van der Waals surface area contributed by atoms with Gasteiger partial charge >= 0.3 is 0 Å². The highest BCUT2D eigenvalue weighted by molar-refractivity contribution is 4.73. The van der Waals surface area contributed by atoms with Crippen LogP contribution in [-0.2, 0) is 0 Å². The zero-order valence-electron chi connectivity index (χ0n) is 9.35. The largest absolute Gasteiger partial charge is 0.314 e. The van der Waals surface area contributed by atoms with Crippen molar-refractivity contribution in [1.29, 1.82) is 0 Å². The lowest BCUT2D eigenvalue weighted by atomic mass is 9.87. The molecular weight excluding hydrogens is 146 g/mol. The Hall–Kier alpha value is -0.0400. The summed E-state index contributed by atoms with van der Waals surface area (Å²) in [5, 5.41) is 3.56. The SMILES string of the molecule is CCCNC(C)C(CC)C(C)C. The quantitative estimate of drug-likeness (QED) is 0.647. The van der Waals surface area contributed by atoms with Crippen molar-refractivity contribution in [2.24, 2.45) is 11.8 Å². The smallest absolute Gasteiger partial charge is 0.00693 e. The molecule has 0 radical (unpaired) electrons. The molecule has 1 heteroatoms. The maximum Gasteiger partial charge on any atom is 0.00693 e. The minimum absolute atomic E-state index is 0.676. The molecule has 0 bridgehead atoms. The summed E-state index contributed by atoms with van der Waals surface area (Å²) < 4.78 is 0. The minimum Gasteiger partial charge on any atom is -0.314 e. The van der Waals surface area contributed by atoms with Crippen LogP contribution in [0.5, 0.6) is 0 Å². The monoisotopic (exact) mass is 171 g/mol. The van der Waals surface area contributed by atoms with Crippen molar-refractivity contribution in [2.75, 3.05) is 6.54 Å². The van der Waals surface area contributed by atoms with Crippen molar-refractivity contribution >= 4 is 0 Å². The van der Waals surface area contributed by atoms with E-state index in [1.54, 1.807) is 0 Å². The summed E-state index contributed by atoms with van der Waals surface area (Å²) in [5.74, 6) is 1.63. The van der Waals surface area contributed by atoms with Crippen LogP contribution in [0.25, 0.3) is 0 Å². The van der Waals surface area contributed by atoms with Gasteiger partial charge < -0.3 is 5.32 Å². The van der Waals surface area contributed by atoms with E-state index in [0.717, 1.165) is 18.4 Å². The highest BCUT2D eigenvalue weighted by Gasteiger charge is 2.17. The third-order valence-corrected chi connectivity index (χ3v) is 2.69. The predicted octanol–water partition coefficient (Wildman–Crippen LogP) is 3.06. The maximum atomic E-state index is 3.56. The van der Waals surface area contributed by atoms with Gasteiger partial charge in [-0.1, -0.05) is 34.1 Å². The highest BCUT2D eigenvalue weighted by atomic mass is 14.9. The second-order valence-corrected chi connectivity index (χ2v) is 4.06. The van der Waals surface area contributed by atoms with E-state index in [1.165, 1.54) is 12.8 Å². The lowest BCUT2D eigenvalue weighted by molar-refractivity contribution is 0.283. The summed E-state index contributed by atoms with van der Waals surface area (Å²) in [5.41, 5.74) is 0. The van der Waals surface area contributed by atoms with Crippen molar-refractivity contribution in [3.8, 4) is 0 Å². The van der Waals surface area contributed by atoms with Crippen molar-refractivity contribution in [3.63, 3.8) is 0 Å². The van der Waals surface area contributed by atoms with Crippen LogP contribution >= 0.6 is 0 Å². The summed E-state index contributed by atoms with van der Waals surface area (Å²) in [6.45, 7) is 12.6. The van der Waals surface area contributed by atoms with E-state index in [9.17, 15) is 0 Å². The number of nitrogens with one attached hydrogen (secondary N) is 1. The zero-order chi connectivity index (χ0) is 9.56. The van der Waals surface area contributed by atoms with Crippen molar-refractivity contribution < 1.29 is 0 Å². The highest BCUT2D eigenvalue weighted by Crippen LogP contribution is 2.18. The first-order chi connectivity index (χ1) is 5.63. The molecule has 0 aliphatic rings. The van der Waals surface area contributed by atoms with Gasteiger partial charge in [-0.3, -0.25) is 0 Å². The van der Waals surface area contributed by atoms with Crippen LogP contribution < -0.4 is 5.32 Å². The van der Waals surface area contributed by atoms with Gasteiger partial charge in [0.15, 0.2) is 0 Å². The Kier molecular flexibility index (Phi) is 6.45. The van der Waals surface area contributed by atoms with Crippen LogP contribution in [0, 0.1) is 11.8 Å². The molecule has 0 aliphatic carbocycles. The molecule has 2 unspecified atom stereocenters. The molecule has 0 aromatic rings. The number of hydrogen-bond donors (Lipinski definition) is 1. The molecule has 0 aromatic heterocycles. The fourth-order valence-electron chi connectivity index (χ4n) is 1.93.